The Balaban J connectivity index is 1.72. The van der Waals surface area contributed by atoms with Crippen LogP contribution < -0.4 is 21.6 Å². The van der Waals surface area contributed by atoms with Gasteiger partial charge in [0.1, 0.15) is 18.3 Å². The van der Waals surface area contributed by atoms with Crippen molar-refractivity contribution >= 4 is 18.7 Å². The number of rotatable bonds is 10. The van der Waals surface area contributed by atoms with E-state index in [4.69, 9.17) is 18.6 Å². The van der Waals surface area contributed by atoms with Gasteiger partial charge >= 0.3 is 5.69 Å². The molecule has 222 valence electrons. The fourth-order valence-corrected chi connectivity index (χ4v) is 9.93. The maximum Gasteiger partial charge on any atom is 0.330 e. The van der Waals surface area contributed by atoms with Crippen LogP contribution in [0.15, 0.2) is 76.4 Å². The molecule has 41 heavy (non-hydrogen) atoms. The SMILES string of the molecule is COC(C)(C)COC1C(O)[C@@H](CO[Si](c2ccccc2)(c2ccccc2)C(C)(C)C)O[C@H]1n1cc(C)c(=O)[nH]c1=O. The lowest BCUT2D eigenvalue weighted by molar-refractivity contribution is -0.120. The van der Waals surface area contributed by atoms with Crippen molar-refractivity contribution in [3.05, 3.63) is 93.3 Å². The average Bonchev–Trinajstić information content (AvgIpc) is 3.25. The lowest BCUT2D eigenvalue weighted by Gasteiger charge is -2.43. The molecule has 10 heteroatoms. The monoisotopic (exact) mass is 582 g/mol. The van der Waals surface area contributed by atoms with Crippen LogP contribution in [0.2, 0.25) is 5.04 Å². The third-order valence-corrected chi connectivity index (χ3v) is 12.8. The van der Waals surface area contributed by atoms with E-state index >= 15 is 0 Å². The molecule has 4 atom stereocenters. The van der Waals surface area contributed by atoms with Gasteiger partial charge < -0.3 is 23.7 Å². The molecule has 2 unspecified atom stereocenters. The number of aliphatic hydroxyl groups excluding tert-OH is 1. The molecule has 1 aliphatic heterocycles. The number of nitrogens with one attached hydrogen (secondary N) is 1. The summed E-state index contributed by atoms with van der Waals surface area (Å²) < 4.78 is 26.3. The molecule has 1 saturated heterocycles. The van der Waals surface area contributed by atoms with Crippen molar-refractivity contribution in [1.82, 2.24) is 9.55 Å². The summed E-state index contributed by atoms with van der Waals surface area (Å²) in [5.74, 6) is 0. The topological polar surface area (TPSA) is 112 Å². The van der Waals surface area contributed by atoms with Gasteiger partial charge in [-0.1, -0.05) is 81.4 Å². The number of methoxy groups -OCH3 is 1. The van der Waals surface area contributed by atoms with Crippen LogP contribution in [0.4, 0.5) is 0 Å². The van der Waals surface area contributed by atoms with Gasteiger partial charge in [-0.15, -0.1) is 0 Å². The van der Waals surface area contributed by atoms with E-state index in [-0.39, 0.29) is 18.3 Å². The summed E-state index contributed by atoms with van der Waals surface area (Å²) in [4.78, 5) is 27.2. The van der Waals surface area contributed by atoms with Gasteiger partial charge in [-0.3, -0.25) is 14.3 Å². The number of nitrogens with zero attached hydrogens (tertiary/aromatic N) is 1. The Bertz CT molecular complexity index is 1380. The third kappa shape index (κ3) is 6.33. The predicted molar refractivity (Wildman–Crippen MR) is 160 cm³/mol. The molecule has 1 aliphatic rings. The Labute approximate surface area is 242 Å². The van der Waals surface area contributed by atoms with Crippen molar-refractivity contribution in [3.63, 3.8) is 0 Å². The molecular formula is C31H42N2O7Si. The second kappa shape index (κ2) is 12.2. The maximum atomic E-state index is 12.9. The Morgan fingerprint density at radius 1 is 0.976 bits per heavy atom. The quantitative estimate of drug-likeness (QED) is 0.353. The minimum Gasteiger partial charge on any atom is -0.405 e. The molecule has 0 saturated carbocycles. The third-order valence-electron chi connectivity index (χ3n) is 7.79. The van der Waals surface area contributed by atoms with Crippen LogP contribution in [0, 0.1) is 6.92 Å². The second-order valence-electron chi connectivity index (χ2n) is 12.2. The second-order valence-corrected chi connectivity index (χ2v) is 16.6. The molecule has 0 amide bonds. The number of H-pyrrole nitrogens is 1. The first kappa shape index (κ1) is 31.1. The highest BCUT2D eigenvalue weighted by Gasteiger charge is 2.53. The van der Waals surface area contributed by atoms with Gasteiger partial charge in [-0.25, -0.2) is 4.79 Å². The molecule has 0 bridgehead atoms. The number of aromatic amines is 1. The summed E-state index contributed by atoms with van der Waals surface area (Å²) in [6.07, 6.45) is -2.41. The highest BCUT2D eigenvalue weighted by molar-refractivity contribution is 6.99. The van der Waals surface area contributed by atoms with Gasteiger partial charge in [0.05, 0.1) is 18.8 Å². The molecule has 2 aromatic carbocycles. The van der Waals surface area contributed by atoms with Gasteiger partial charge in [0.15, 0.2) is 6.23 Å². The lowest BCUT2D eigenvalue weighted by Crippen LogP contribution is -2.67. The van der Waals surface area contributed by atoms with E-state index in [2.05, 4.69) is 50.0 Å². The van der Waals surface area contributed by atoms with E-state index in [9.17, 15) is 14.7 Å². The Hall–Kier alpha value is -2.86. The van der Waals surface area contributed by atoms with Crippen LogP contribution in [0.3, 0.4) is 0 Å². The van der Waals surface area contributed by atoms with E-state index in [0.717, 1.165) is 10.4 Å². The molecule has 1 fully saturated rings. The molecule has 0 radical (unpaired) electrons. The molecule has 4 rings (SSSR count). The Morgan fingerprint density at radius 2 is 1.54 bits per heavy atom. The fourth-order valence-electron chi connectivity index (χ4n) is 5.36. The lowest BCUT2D eigenvalue weighted by atomic mass is 10.1. The first-order chi connectivity index (χ1) is 19.3. The minimum absolute atomic E-state index is 0.0650. The molecule has 1 aromatic heterocycles. The normalized spacial score (nSPS) is 21.8. The zero-order valence-corrected chi connectivity index (χ0v) is 25.9. The van der Waals surface area contributed by atoms with Crippen molar-refractivity contribution in [2.24, 2.45) is 0 Å². The fraction of sp³-hybridized carbons (Fsp3) is 0.484. The van der Waals surface area contributed by atoms with E-state index in [1.165, 1.54) is 10.8 Å². The molecule has 2 N–H and O–H groups in total. The average molecular weight is 583 g/mol. The first-order valence-electron chi connectivity index (χ1n) is 13.9. The van der Waals surface area contributed by atoms with Crippen LogP contribution in [0.5, 0.6) is 0 Å². The summed E-state index contributed by atoms with van der Waals surface area (Å²) in [5, 5.41) is 13.5. The molecule has 2 heterocycles. The van der Waals surface area contributed by atoms with Gasteiger partial charge in [0.2, 0.25) is 0 Å². The van der Waals surface area contributed by atoms with Gasteiger partial charge in [0.25, 0.3) is 13.9 Å². The standard InChI is InChI=1S/C31H42N2O7Si/c1-21-18-33(29(36)32-27(21)35)28-26(38-20-31(5,6)37-7)25(34)24(40-28)19-39-41(30(2,3)4,22-14-10-8-11-15-22)23-16-12-9-13-17-23/h8-18,24-26,28,34H,19-20H2,1-7H3,(H,32,35,36)/t24-,25?,26?,28-/m1/s1. The number of ether oxygens (including phenoxy) is 3. The van der Waals surface area contributed by atoms with E-state index < -0.39 is 49.7 Å². The van der Waals surface area contributed by atoms with E-state index in [0.29, 0.717) is 5.56 Å². The van der Waals surface area contributed by atoms with Crippen molar-refractivity contribution in [1.29, 1.82) is 0 Å². The van der Waals surface area contributed by atoms with Crippen LogP contribution in [0.1, 0.15) is 46.4 Å². The zero-order chi connectivity index (χ0) is 30.0. The zero-order valence-electron chi connectivity index (χ0n) is 24.9. The Kier molecular flexibility index (Phi) is 9.22. The van der Waals surface area contributed by atoms with Gasteiger partial charge in [0, 0.05) is 18.9 Å². The van der Waals surface area contributed by atoms with Crippen molar-refractivity contribution in [2.75, 3.05) is 20.3 Å². The first-order valence-corrected chi connectivity index (χ1v) is 15.8. The number of benzene rings is 2. The van der Waals surface area contributed by atoms with Crippen molar-refractivity contribution < 1.29 is 23.7 Å². The van der Waals surface area contributed by atoms with E-state index in [1.807, 2.05) is 50.2 Å². The highest BCUT2D eigenvalue weighted by atomic mass is 28.4. The maximum absolute atomic E-state index is 12.9. The van der Waals surface area contributed by atoms with Crippen molar-refractivity contribution in [2.45, 2.75) is 76.7 Å². The van der Waals surface area contributed by atoms with E-state index in [1.54, 1.807) is 14.0 Å². The number of aliphatic hydroxyl groups is 1. The number of aromatic nitrogens is 2. The molecule has 3 aromatic rings. The number of aryl methyl sites for hydroxylation is 1. The summed E-state index contributed by atoms with van der Waals surface area (Å²) in [5.41, 5.74) is -1.43. The summed E-state index contributed by atoms with van der Waals surface area (Å²) in [6.45, 7) is 12.1. The Morgan fingerprint density at radius 3 is 2.05 bits per heavy atom. The highest BCUT2D eigenvalue weighted by Crippen LogP contribution is 2.38. The summed E-state index contributed by atoms with van der Waals surface area (Å²) in [6, 6.07) is 20.4. The molecule has 0 aliphatic carbocycles. The molecule has 0 spiro atoms. The largest absolute Gasteiger partial charge is 0.405 e. The van der Waals surface area contributed by atoms with Crippen LogP contribution >= 0.6 is 0 Å². The van der Waals surface area contributed by atoms with Gasteiger partial charge in [-0.2, -0.15) is 0 Å². The number of hydrogen-bond donors (Lipinski definition) is 2. The molecule has 9 nitrogen and oxygen atoms in total. The van der Waals surface area contributed by atoms with Crippen LogP contribution in [-0.4, -0.2) is 67.2 Å². The molecular weight excluding hydrogens is 540 g/mol. The van der Waals surface area contributed by atoms with Crippen LogP contribution in [-0.2, 0) is 18.6 Å². The summed E-state index contributed by atoms with van der Waals surface area (Å²) >= 11 is 0. The van der Waals surface area contributed by atoms with Crippen molar-refractivity contribution in [3.8, 4) is 0 Å². The smallest absolute Gasteiger partial charge is 0.330 e. The van der Waals surface area contributed by atoms with Gasteiger partial charge in [-0.05, 0) is 36.2 Å². The summed E-state index contributed by atoms with van der Waals surface area (Å²) in [7, 11) is -1.34. The minimum atomic E-state index is -2.92. The number of hydrogen-bond acceptors (Lipinski definition) is 7. The van der Waals surface area contributed by atoms with Crippen LogP contribution in [0.25, 0.3) is 0 Å². The predicted octanol–water partition coefficient (Wildman–Crippen LogP) is 2.49.